The molecule has 3 heterocycles. The second-order valence-electron chi connectivity index (χ2n) is 10.2. The smallest absolute Gasteiger partial charge is 0.350 e. The summed E-state index contributed by atoms with van der Waals surface area (Å²) in [5, 5.41) is 11.7. The molecular formula is C31H32N2O7S. The highest BCUT2D eigenvalue weighted by molar-refractivity contribution is 7.17. The fourth-order valence-electron chi connectivity index (χ4n) is 5.15. The molecule has 1 N–H and O–H groups in total. The van der Waals surface area contributed by atoms with Gasteiger partial charge in [0.05, 0.1) is 31.0 Å². The van der Waals surface area contributed by atoms with Crippen molar-refractivity contribution in [2.45, 2.75) is 58.6 Å². The number of nitrogens with zero attached hydrogens (tertiary/aromatic N) is 2. The number of ether oxygens (including phenoxy) is 3. The van der Waals surface area contributed by atoms with E-state index in [4.69, 9.17) is 14.2 Å². The summed E-state index contributed by atoms with van der Waals surface area (Å²) in [6.07, 6.45) is 3.67. The lowest BCUT2D eigenvalue weighted by atomic mass is 9.94. The third kappa shape index (κ3) is 5.44. The Hall–Kier alpha value is -4.18. The minimum atomic E-state index is -1.01. The van der Waals surface area contributed by atoms with Crippen LogP contribution in [0.25, 0.3) is 5.76 Å². The maximum absolute atomic E-state index is 13.6. The van der Waals surface area contributed by atoms with Crippen LogP contribution in [0.2, 0.25) is 0 Å². The molecule has 0 unspecified atom stereocenters. The van der Waals surface area contributed by atoms with Crippen LogP contribution in [0.3, 0.4) is 0 Å². The Labute approximate surface area is 242 Å². The number of amides is 1. The van der Waals surface area contributed by atoms with Crippen LogP contribution >= 0.6 is 11.3 Å². The van der Waals surface area contributed by atoms with E-state index in [0.29, 0.717) is 35.6 Å². The van der Waals surface area contributed by atoms with E-state index in [1.807, 2.05) is 13.0 Å². The van der Waals surface area contributed by atoms with Crippen molar-refractivity contribution in [3.05, 3.63) is 75.3 Å². The van der Waals surface area contributed by atoms with Crippen LogP contribution in [-0.2, 0) is 20.7 Å². The van der Waals surface area contributed by atoms with E-state index in [2.05, 4.69) is 11.9 Å². The first-order valence-electron chi connectivity index (χ1n) is 13.6. The topological polar surface area (TPSA) is 115 Å². The standard InChI is InChI=1S/C31H32N2O7S/c1-5-6-7-13-39-22-10-8-9-19(16-22)25-24(26(34)20-11-12-23-21(15-20)14-17(2)40-23)27(35)29(36)33(25)31-32-18(3)28(41-31)30(37)38-4/h8-12,15-17,25,34H,5-7,13-14H2,1-4H3/t17-,25+/m1/s1. The van der Waals surface area contributed by atoms with Crippen molar-refractivity contribution in [2.75, 3.05) is 18.6 Å². The highest BCUT2D eigenvalue weighted by atomic mass is 32.1. The summed E-state index contributed by atoms with van der Waals surface area (Å²) in [5.41, 5.74) is 2.18. The van der Waals surface area contributed by atoms with E-state index in [1.54, 1.807) is 43.3 Å². The molecule has 10 heteroatoms. The lowest BCUT2D eigenvalue weighted by molar-refractivity contribution is -0.132. The zero-order valence-electron chi connectivity index (χ0n) is 23.4. The monoisotopic (exact) mass is 576 g/mol. The fraction of sp³-hybridized carbons (Fsp3) is 0.355. The first kappa shape index (κ1) is 28.4. The molecule has 1 aromatic heterocycles. The molecule has 0 saturated carbocycles. The zero-order valence-corrected chi connectivity index (χ0v) is 24.2. The molecule has 214 valence electrons. The van der Waals surface area contributed by atoms with Crippen molar-refractivity contribution >= 4 is 39.9 Å². The molecule has 2 aliphatic heterocycles. The van der Waals surface area contributed by atoms with Crippen molar-refractivity contribution < 1.29 is 33.7 Å². The molecule has 0 spiro atoms. The van der Waals surface area contributed by atoms with Crippen LogP contribution in [0.4, 0.5) is 5.13 Å². The van der Waals surface area contributed by atoms with E-state index in [-0.39, 0.29) is 27.4 Å². The van der Waals surface area contributed by atoms with Gasteiger partial charge in [-0.3, -0.25) is 14.5 Å². The normalized spacial score (nSPS) is 19.3. The number of aromatic nitrogens is 1. The number of benzene rings is 2. The van der Waals surface area contributed by atoms with Gasteiger partial charge >= 0.3 is 11.9 Å². The Bertz CT molecular complexity index is 1540. The minimum Gasteiger partial charge on any atom is -0.507 e. The number of fused-ring (bicyclic) bond motifs is 1. The molecule has 9 nitrogen and oxygen atoms in total. The molecule has 3 aromatic rings. The summed E-state index contributed by atoms with van der Waals surface area (Å²) >= 11 is 0.958. The number of aryl methyl sites for hydroxylation is 1. The number of hydrogen-bond acceptors (Lipinski definition) is 9. The molecule has 1 saturated heterocycles. The quantitative estimate of drug-likeness (QED) is 0.112. The molecule has 5 rings (SSSR count). The highest BCUT2D eigenvalue weighted by Crippen LogP contribution is 2.45. The van der Waals surface area contributed by atoms with Crippen LogP contribution in [0.5, 0.6) is 11.5 Å². The Morgan fingerprint density at radius 1 is 1.20 bits per heavy atom. The number of anilines is 1. The third-order valence-corrected chi connectivity index (χ3v) is 8.30. The molecule has 1 amide bonds. The molecule has 41 heavy (non-hydrogen) atoms. The van der Waals surface area contributed by atoms with Gasteiger partial charge in [0.2, 0.25) is 0 Å². The molecule has 0 aliphatic carbocycles. The van der Waals surface area contributed by atoms with Crippen molar-refractivity contribution in [2.24, 2.45) is 0 Å². The number of carbonyl (C=O) groups is 3. The summed E-state index contributed by atoms with van der Waals surface area (Å²) in [5.74, 6) is -1.27. The molecular weight excluding hydrogens is 544 g/mol. The fourth-order valence-corrected chi connectivity index (χ4v) is 6.17. The van der Waals surface area contributed by atoms with Gasteiger partial charge in [-0.05, 0) is 61.7 Å². The average molecular weight is 577 g/mol. The van der Waals surface area contributed by atoms with Gasteiger partial charge in [-0.25, -0.2) is 9.78 Å². The van der Waals surface area contributed by atoms with Crippen molar-refractivity contribution in [3.63, 3.8) is 0 Å². The van der Waals surface area contributed by atoms with Gasteiger partial charge in [-0.15, -0.1) is 0 Å². The maximum Gasteiger partial charge on any atom is 0.350 e. The van der Waals surface area contributed by atoms with Crippen LogP contribution in [0.1, 0.15) is 71.2 Å². The number of ketones is 1. The second-order valence-corrected chi connectivity index (χ2v) is 11.1. The maximum atomic E-state index is 13.6. The van der Waals surface area contributed by atoms with E-state index >= 15 is 0 Å². The molecule has 2 aromatic carbocycles. The number of unbranched alkanes of at least 4 members (excludes halogenated alkanes) is 2. The van der Waals surface area contributed by atoms with E-state index in [1.165, 1.54) is 12.0 Å². The number of hydrogen-bond donors (Lipinski definition) is 1. The zero-order chi connectivity index (χ0) is 29.3. The number of thiazole rings is 1. The average Bonchev–Trinajstić information content (AvgIpc) is 3.62. The van der Waals surface area contributed by atoms with Crippen LogP contribution < -0.4 is 14.4 Å². The van der Waals surface area contributed by atoms with Crippen LogP contribution in [0.15, 0.2) is 48.0 Å². The van der Waals surface area contributed by atoms with Crippen LogP contribution in [0, 0.1) is 6.92 Å². The Kier molecular flexibility index (Phi) is 8.12. The molecule has 1 fully saturated rings. The summed E-state index contributed by atoms with van der Waals surface area (Å²) in [6.45, 7) is 6.24. The van der Waals surface area contributed by atoms with E-state index < -0.39 is 23.7 Å². The third-order valence-electron chi connectivity index (χ3n) is 7.17. The number of aliphatic hydroxyl groups excluding tert-OH is 1. The number of methoxy groups -OCH3 is 1. The van der Waals surface area contributed by atoms with Gasteiger partial charge in [-0.2, -0.15) is 0 Å². The summed E-state index contributed by atoms with van der Waals surface area (Å²) in [7, 11) is 1.27. The predicted molar refractivity (Wildman–Crippen MR) is 155 cm³/mol. The number of rotatable bonds is 9. The minimum absolute atomic E-state index is 0.00481. The molecule has 2 aliphatic rings. The molecule has 2 atom stereocenters. The Balaban J connectivity index is 1.63. The second kappa shape index (κ2) is 11.7. The van der Waals surface area contributed by atoms with E-state index in [0.717, 1.165) is 41.9 Å². The largest absolute Gasteiger partial charge is 0.507 e. The summed E-state index contributed by atoms with van der Waals surface area (Å²) in [6, 6.07) is 11.3. The van der Waals surface area contributed by atoms with Gasteiger partial charge < -0.3 is 19.3 Å². The van der Waals surface area contributed by atoms with Crippen LogP contribution in [-0.4, -0.2) is 47.6 Å². The van der Waals surface area contributed by atoms with Crippen molar-refractivity contribution in [3.8, 4) is 11.5 Å². The lowest BCUT2D eigenvalue weighted by Crippen LogP contribution is -2.29. The van der Waals surface area contributed by atoms with Gasteiger partial charge in [0.15, 0.2) is 5.13 Å². The van der Waals surface area contributed by atoms with Gasteiger partial charge in [-0.1, -0.05) is 43.2 Å². The number of aliphatic hydroxyl groups is 1. The van der Waals surface area contributed by atoms with Crippen molar-refractivity contribution in [1.82, 2.24) is 4.98 Å². The van der Waals surface area contributed by atoms with Gasteiger partial charge in [0.1, 0.15) is 28.2 Å². The number of carbonyl (C=O) groups excluding carboxylic acids is 3. The van der Waals surface area contributed by atoms with E-state index in [9.17, 15) is 19.5 Å². The predicted octanol–water partition coefficient (Wildman–Crippen LogP) is 5.76. The molecule has 0 bridgehead atoms. The summed E-state index contributed by atoms with van der Waals surface area (Å²) in [4.78, 5) is 45.4. The Morgan fingerprint density at radius 3 is 2.76 bits per heavy atom. The highest BCUT2D eigenvalue weighted by Gasteiger charge is 2.48. The summed E-state index contributed by atoms with van der Waals surface area (Å²) < 4.78 is 16.6. The van der Waals surface area contributed by atoms with Crippen molar-refractivity contribution in [1.29, 1.82) is 0 Å². The van der Waals surface area contributed by atoms with Gasteiger partial charge in [0.25, 0.3) is 5.78 Å². The lowest BCUT2D eigenvalue weighted by Gasteiger charge is -2.23. The first-order valence-corrected chi connectivity index (χ1v) is 14.4. The SMILES string of the molecule is CCCCCOc1cccc([C@H]2C(=C(O)c3ccc4c(c3)C[C@@H](C)O4)C(=O)C(=O)N2c2nc(C)c(C(=O)OC)s2)c1. The number of esters is 1. The first-order chi connectivity index (χ1) is 19.7. The molecule has 0 radical (unpaired) electrons. The van der Waals surface area contributed by atoms with Gasteiger partial charge in [0, 0.05) is 12.0 Å². The number of Topliss-reactive ketones (excluding diaryl/α,β-unsaturated/α-hetero) is 1. The Morgan fingerprint density at radius 2 is 2.00 bits per heavy atom.